The highest BCUT2D eigenvalue weighted by Gasteiger charge is 2.36. The average molecular weight is 533 g/mol. The molecule has 1 heterocycles. The number of nitrogens with zero attached hydrogens (tertiary/aromatic N) is 3. The summed E-state index contributed by atoms with van der Waals surface area (Å²) in [6.07, 6.45) is -4.85. The lowest BCUT2D eigenvalue weighted by Gasteiger charge is -2.14. The van der Waals surface area contributed by atoms with E-state index in [1.807, 2.05) is 0 Å². The minimum absolute atomic E-state index is 0.0564. The molecule has 0 saturated carbocycles. The number of hydrogen-bond donors (Lipinski definition) is 1. The molecule has 2 aromatic carbocycles. The van der Waals surface area contributed by atoms with E-state index < -0.39 is 39.6 Å². The highest BCUT2D eigenvalue weighted by molar-refractivity contribution is 8.00. The van der Waals surface area contributed by atoms with E-state index in [-0.39, 0.29) is 28.8 Å². The lowest BCUT2D eigenvalue weighted by Crippen LogP contribution is -2.16. The molecule has 1 aromatic heterocycles. The monoisotopic (exact) mass is 532 g/mol. The molecule has 37 heavy (non-hydrogen) atoms. The SMILES string of the molecule is CCOc1ccc(NC(=O)CSc2nc(-c3ccc(OC)cc3)cc(C(F)(F)F)c2C#N)c([N+](=O)[O-])c1. The van der Waals surface area contributed by atoms with Gasteiger partial charge in [-0.2, -0.15) is 18.4 Å². The predicted molar refractivity (Wildman–Crippen MR) is 130 cm³/mol. The minimum Gasteiger partial charge on any atom is -0.497 e. The lowest BCUT2D eigenvalue weighted by atomic mass is 10.1. The topological polar surface area (TPSA) is 127 Å². The number of carbonyl (C=O) groups is 1. The number of methoxy groups -OCH3 is 1. The van der Waals surface area contributed by atoms with Crippen molar-refractivity contribution in [3.63, 3.8) is 0 Å². The van der Waals surface area contributed by atoms with Gasteiger partial charge in [0.1, 0.15) is 28.3 Å². The van der Waals surface area contributed by atoms with E-state index in [1.54, 1.807) is 19.1 Å². The summed E-state index contributed by atoms with van der Waals surface area (Å²) in [5.41, 5.74) is -2.17. The molecule has 0 atom stereocenters. The largest absolute Gasteiger partial charge is 0.497 e. The fourth-order valence-corrected chi connectivity index (χ4v) is 4.02. The van der Waals surface area contributed by atoms with Crippen LogP contribution in [-0.2, 0) is 11.0 Å². The molecule has 192 valence electrons. The molecule has 3 aromatic rings. The fourth-order valence-electron chi connectivity index (χ4n) is 3.21. The van der Waals surface area contributed by atoms with Gasteiger partial charge in [0.2, 0.25) is 5.91 Å². The van der Waals surface area contributed by atoms with Crippen LogP contribution in [0.2, 0.25) is 0 Å². The number of ether oxygens (including phenoxy) is 2. The lowest BCUT2D eigenvalue weighted by molar-refractivity contribution is -0.384. The van der Waals surface area contributed by atoms with Crippen LogP contribution in [0.25, 0.3) is 11.3 Å². The van der Waals surface area contributed by atoms with Crippen molar-refractivity contribution < 1.29 is 32.4 Å². The molecule has 0 radical (unpaired) electrons. The van der Waals surface area contributed by atoms with Crippen molar-refractivity contribution in [3.8, 4) is 28.8 Å². The molecule has 0 saturated heterocycles. The second-order valence-electron chi connectivity index (χ2n) is 7.28. The van der Waals surface area contributed by atoms with Crippen LogP contribution in [0, 0.1) is 21.4 Å². The summed E-state index contributed by atoms with van der Waals surface area (Å²) >= 11 is 0.606. The minimum atomic E-state index is -4.85. The number of benzene rings is 2. The van der Waals surface area contributed by atoms with E-state index >= 15 is 0 Å². The Morgan fingerprint density at radius 1 is 1.19 bits per heavy atom. The Morgan fingerprint density at radius 2 is 1.86 bits per heavy atom. The third-order valence-electron chi connectivity index (χ3n) is 4.88. The molecular weight excluding hydrogens is 513 g/mol. The van der Waals surface area contributed by atoms with E-state index in [1.165, 1.54) is 37.4 Å². The Labute approximate surface area is 213 Å². The molecule has 9 nitrogen and oxygen atoms in total. The van der Waals surface area contributed by atoms with Crippen LogP contribution in [0.15, 0.2) is 53.6 Å². The molecule has 1 N–H and O–H groups in total. The molecule has 0 spiro atoms. The van der Waals surface area contributed by atoms with Crippen molar-refractivity contribution >= 4 is 29.0 Å². The van der Waals surface area contributed by atoms with Crippen LogP contribution in [0.4, 0.5) is 24.5 Å². The zero-order valence-corrected chi connectivity index (χ0v) is 20.3. The molecular formula is C24H19F3N4O5S. The Bertz CT molecular complexity index is 1360. The zero-order valence-electron chi connectivity index (χ0n) is 19.5. The first-order chi connectivity index (χ1) is 17.6. The summed E-state index contributed by atoms with van der Waals surface area (Å²) in [7, 11) is 1.44. The number of halogens is 3. The van der Waals surface area contributed by atoms with Crippen molar-refractivity contribution in [1.29, 1.82) is 5.26 Å². The van der Waals surface area contributed by atoms with Gasteiger partial charge in [0.25, 0.3) is 5.69 Å². The highest BCUT2D eigenvalue weighted by Crippen LogP contribution is 2.38. The number of carbonyl (C=O) groups excluding carboxylic acids is 1. The number of rotatable bonds is 9. The van der Waals surface area contributed by atoms with Crippen molar-refractivity contribution in [2.24, 2.45) is 0 Å². The third kappa shape index (κ3) is 6.68. The Hall–Kier alpha value is -4.31. The van der Waals surface area contributed by atoms with Gasteiger partial charge in [-0.1, -0.05) is 11.8 Å². The molecule has 1 amide bonds. The molecule has 0 bridgehead atoms. The summed E-state index contributed by atoms with van der Waals surface area (Å²) in [6.45, 7) is 1.99. The second kappa shape index (κ2) is 11.6. The van der Waals surface area contributed by atoms with Gasteiger partial charge in [0, 0.05) is 5.56 Å². The number of nitro benzene ring substituents is 1. The number of aromatic nitrogens is 1. The summed E-state index contributed by atoms with van der Waals surface area (Å²) in [4.78, 5) is 27.4. The van der Waals surface area contributed by atoms with Gasteiger partial charge in [-0.15, -0.1) is 0 Å². The number of nitro groups is 1. The van der Waals surface area contributed by atoms with E-state index in [4.69, 9.17) is 9.47 Å². The van der Waals surface area contributed by atoms with Gasteiger partial charge >= 0.3 is 6.18 Å². The quantitative estimate of drug-likeness (QED) is 0.212. The number of anilines is 1. The molecule has 0 aliphatic heterocycles. The van der Waals surface area contributed by atoms with Crippen molar-refractivity contribution in [2.75, 3.05) is 24.8 Å². The smallest absolute Gasteiger partial charge is 0.417 e. The summed E-state index contributed by atoms with van der Waals surface area (Å²) in [6, 6.07) is 12.3. The Morgan fingerprint density at radius 3 is 2.43 bits per heavy atom. The molecule has 13 heteroatoms. The van der Waals surface area contributed by atoms with Crippen LogP contribution in [0.1, 0.15) is 18.1 Å². The number of nitriles is 1. The van der Waals surface area contributed by atoms with Crippen molar-refractivity contribution in [2.45, 2.75) is 18.1 Å². The van der Waals surface area contributed by atoms with Crippen LogP contribution < -0.4 is 14.8 Å². The van der Waals surface area contributed by atoms with Crippen LogP contribution >= 0.6 is 11.8 Å². The maximum Gasteiger partial charge on any atom is 0.417 e. The fraction of sp³-hybridized carbons (Fsp3) is 0.208. The summed E-state index contributed by atoms with van der Waals surface area (Å²) < 4.78 is 51.6. The molecule has 3 rings (SSSR count). The number of pyridine rings is 1. The summed E-state index contributed by atoms with van der Waals surface area (Å²) in [5, 5.41) is 22.9. The van der Waals surface area contributed by atoms with E-state index in [9.17, 15) is 33.3 Å². The van der Waals surface area contributed by atoms with Gasteiger partial charge in [-0.3, -0.25) is 14.9 Å². The van der Waals surface area contributed by atoms with Gasteiger partial charge in [-0.05, 0) is 49.4 Å². The zero-order chi connectivity index (χ0) is 27.2. The summed E-state index contributed by atoms with van der Waals surface area (Å²) in [5.74, 6) is -0.482. The molecule has 0 unspecified atom stereocenters. The maximum atomic E-state index is 13.8. The van der Waals surface area contributed by atoms with E-state index in [0.717, 1.165) is 12.1 Å². The van der Waals surface area contributed by atoms with Crippen LogP contribution in [-0.4, -0.2) is 35.3 Å². The number of hydrogen-bond acceptors (Lipinski definition) is 8. The van der Waals surface area contributed by atoms with Crippen LogP contribution in [0.5, 0.6) is 11.5 Å². The number of amides is 1. The Kier molecular flexibility index (Phi) is 8.56. The van der Waals surface area contributed by atoms with Crippen LogP contribution in [0.3, 0.4) is 0 Å². The predicted octanol–water partition coefficient (Wildman–Crippen LogP) is 5.69. The first-order valence-electron chi connectivity index (χ1n) is 10.6. The van der Waals surface area contributed by atoms with Crippen molar-refractivity contribution in [1.82, 2.24) is 4.98 Å². The molecule has 0 fully saturated rings. The number of nitrogens with one attached hydrogen (secondary N) is 1. The third-order valence-corrected chi connectivity index (χ3v) is 5.86. The maximum absolute atomic E-state index is 13.8. The molecule has 0 aliphatic carbocycles. The van der Waals surface area contributed by atoms with Gasteiger partial charge in [0.05, 0.1) is 47.3 Å². The first kappa shape index (κ1) is 27.3. The average Bonchev–Trinajstić information content (AvgIpc) is 2.87. The molecule has 0 aliphatic rings. The van der Waals surface area contributed by atoms with Crippen molar-refractivity contribution in [3.05, 3.63) is 69.8 Å². The number of thioether (sulfide) groups is 1. The standard InChI is InChI=1S/C24H19F3N4O5S/c1-3-36-16-8-9-19(21(10-16)31(33)34)29-22(32)13-37-23-17(12-28)18(24(25,26)27)11-20(30-23)14-4-6-15(35-2)7-5-14/h4-11H,3,13H2,1-2H3,(H,29,32). The van der Waals surface area contributed by atoms with E-state index in [0.29, 0.717) is 23.1 Å². The Balaban J connectivity index is 1.90. The first-order valence-corrected chi connectivity index (χ1v) is 11.6. The van der Waals surface area contributed by atoms with Gasteiger partial charge in [-0.25, -0.2) is 4.98 Å². The highest BCUT2D eigenvalue weighted by atomic mass is 32.2. The second-order valence-corrected chi connectivity index (χ2v) is 8.24. The normalized spacial score (nSPS) is 10.9. The number of alkyl halides is 3. The van der Waals surface area contributed by atoms with Gasteiger partial charge < -0.3 is 14.8 Å². The van der Waals surface area contributed by atoms with E-state index in [2.05, 4.69) is 10.3 Å². The van der Waals surface area contributed by atoms with Gasteiger partial charge in [0.15, 0.2) is 0 Å².